The molecule has 0 bridgehead atoms. The molecule has 4 aromatic rings. The van der Waals surface area contributed by atoms with E-state index in [0.29, 0.717) is 0 Å². The smallest absolute Gasteiger partial charge is 0.122 e. The molecule has 37 heavy (non-hydrogen) atoms. The summed E-state index contributed by atoms with van der Waals surface area (Å²) < 4.78 is 6.07. The van der Waals surface area contributed by atoms with Crippen LogP contribution in [0.5, 0.6) is 5.75 Å². The molecule has 0 atom stereocenters. The van der Waals surface area contributed by atoms with E-state index in [0.717, 1.165) is 18.3 Å². The summed E-state index contributed by atoms with van der Waals surface area (Å²) in [5.41, 5.74) is 4.64. The van der Waals surface area contributed by atoms with Crippen LogP contribution in [0.4, 0.5) is 0 Å². The number of methoxy groups -OCH3 is 1. The Labute approximate surface area is 224 Å². The Kier molecular flexibility index (Phi) is 7.03. The van der Waals surface area contributed by atoms with Gasteiger partial charge in [-0.3, -0.25) is 0 Å². The van der Waals surface area contributed by atoms with Gasteiger partial charge in [0.25, 0.3) is 0 Å². The second kappa shape index (κ2) is 10.1. The average Bonchev–Trinajstić information content (AvgIpc) is 2.93. The van der Waals surface area contributed by atoms with Crippen LogP contribution >= 0.6 is 7.26 Å². The molecular formula is C35H40OP+. The van der Waals surface area contributed by atoms with Crippen LogP contribution in [0.15, 0.2) is 103 Å². The SMILES string of the molecule is COc1cc2c(cc1CC[P+](c1ccccc1)(c1ccccc1)c1ccccc1)C(C)(C)CCC2(C)C. The molecule has 1 aliphatic rings. The number of hydrogen-bond acceptors (Lipinski definition) is 1. The second-order valence-corrected chi connectivity index (χ2v) is 15.4. The highest BCUT2D eigenvalue weighted by atomic mass is 31.2. The fourth-order valence-corrected chi connectivity index (χ4v) is 10.5. The largest absolute Gasteiger partial charge is 0.496 e. The van der Waals surface area contributed by atoms with E-state index < -0.39 is 7.26 Å². The molecule has 2 heteroatoms. The zero-order valence-corrected chi connectivity index (χ0v) is 23.9. The maximum atomic E-state index is 6.07. The van der Waals surface area contributed by atoms with Gasteiger partial charge in [-0.25, -0.2) is 0 Å². The van der Waals surface area contributed by atoms with E-state index in [9.17, 15) is 0 Å². The van der Waals surface area contributed by atoms with Gasteiger partial charge in [-0.05, 0) is 82.8 Å². The van der Waals surface area contributed by atoms with E-state index in [1.54, 1.807) is 0 Å². The first kappa shape index (κ1) is 25.7. The van der Waals surface area contributed by atoms with Gasteiger partial charge >= 0.3 is 0 Å². The lowest BCUT2D eigenvalue weighted by molar-refractivity contribution is 0.328. The maximum absolute atomic E-state index is 6.07. The lowest BCUT2D eigenvalue weighted by Gasteiger charge is -2.42. The van der Waals surface area contributed by atoms with Crippen LogP contribution in [-0.4, -0.2) is 13.3 Å². The fourth-order valence-electron chi connectivity index (χ4n) is 6.19. The van der Waals surface area contributed by atoms with Gasteiger partial charge in [0.15, 0.2) is 0 Å². The van der Waals surface area contributed by atoms with Gasteiger partial charge < -0.3 is 4.74 Å². The van der Waals surface area contributed by atoms with E-state index in [1.807, 2.05) is 7.11 Å². The van der Waals surface area contributed by atoms with Gasteiger partial charge in [0.2, 0.25) is 0 Å². The third-order valence-electron chi connectivity index (χ3n) is 8.56. The molecule has 4 aromatic carbocycles. The summed E-state index contributed by atoms with van der Waals surface area (Å²) in [5, 5.41) is 4.31. The number of benzene rings is 4. The molecule has 0 unspecified atom stereocenters. The molecule has 1 aliphatic carbocycles. The zero-order valence-electron chi connectivity index (χ0n) is 23.0. The molecule has 0 saturated carbocycles. The summed E-state index contributed by atoms with van der Waals surface area (Å²) >= 11 is 0. The lowest BCUT2D eigenvalue weighted by atomic mass is 9.63. The monoisotopic (exact) mass is 507 g/mol. The Balaban J connectivity index is 1.66. The van der Waals surface area contributed by atoms with Gasteiger partial charge in [0.05, 0.1) is 13.3 Å². The minimum absolute atomic E-state index is 0.172. The third kappa shape index (κ3) is 4.75. The standard InChI is InChI=1S/C35H40OP/c1-34(2)22-23-35(3,4)32-26-33(36-5)27(25-31(32)34)21-24-37(28-15-9-6-10-16-28,29-17-11-7-12-18-29)30-19-13-8-14-20-30/h6-20,25-26H,21-24H2,1-5H3/q+1. The van der Waals surface area contributed by atoms with Crippen molar-refractivity contribution in [2.24, 2.45) is 0 Å². The predicted molar refractivity (Wildman–Crippen MR) is 162 cm³/mol. The predicted octanol–water partition coefficient (Wildman–Crippen LogP) is 7.58. The quantitative estimate of drug-likeness (QED) is 0.234. The van der Waals surface area contributed by atoms with E-state index in [2.05, 4.69) is 131 Å². The Bertz CT molecular complexity index is 1240. The Morgan fingerprint density at radius 1 is 0.622 bits per heavy atom. The normalized spacial score (nSPS) is 16.1. The molecule has 0 heterocycles. The molecule has 0 spiro atoms. The topological polar surface area (TPSA) is 9.23 Å². The van der Waals surface area contributed by atoms with Gasteiger partial charge in [0, 0.05) is 6.42 Å². The van der Waals surface area contributed by atoms with Gasteiger partial charge in [-0.15, -0.1) is 0 Å². The van der Waals surface area contributed by atoms with Crippen LogP contribution in [0.2, 0.25) is 0 Å². The highest BCUT2D eigenvalue weighted by Gasteiger charge is 2.45. The van der Waals surface area contributed by atoms with Gasteiger partial charge in [-0.1, -0.05) is 88.4 Å². The Morgan fingerprint density at radius 2 is 1.03 bits per heavy atom. The van der Waals surface area contributed by atoms with Gasteiger partial charge in [0.1, 0.15) is 28.9 Å². The molecule has 190 valence electrons. The van der Waals surface area contributed by atoms with Crippen molar-refractivity contribution in [2.75, 3.05) is 13.3 Å². The maximum Gasteiger partial charge on any atom is 0.122 e. The molecule has 0 fully saturated rings. The minimum Gasteiger partial charge on any atom is -0.496 e. The summed E-state index contributed by atoms with van der Waals surface area (Å²) in [6, 6.07) is 38.4. The van der Waals surface area contributed by atoms with E-state index in [1.165, 1.54) is 45.4 Å². The molecule has 0 amide bonds. The fraction of sp³-hybridized carbons (Fsp3) is 0.314. The number of hydrogen-bond donors (Lipinski definition) is 0. The summed E-state index contributed by atoms with van der Waals surface area (Å²) in [7, 11) is -0.0573. The molecular weight excluding hydrogens is 467 g/mol. The van der Waals surface area contributed by atoms with Crippen LogP contribution < -0.4 is 20.7 Å². The van der Waals surface area contributed by atoms with Crippen LogP contribution in [0.25, 0.3) is 0 Å². The first-order valence-electron chi connectivity index (χ1n) is 13.5. The van der Waals surface area contributed by atoms with Crippen molar-refractivity contribution in [3.8, 4) is 5.75 Å². The summed E-state index contributed by atoms with van der Waals surface area (Å²) in [6.07, 6.45) is 4.46. The molecule has 1 nitrogen and oxygen atoms in total. The highest BCUT2D eigenvalue weighted by molar-refractivity contribution is 7.95. The molecule has 0 aliphatic heterocycles. The number of rotatable bonds is 7. The second-order valence-electron chi connectivity index (χ2n) is 11.8. The van der Waals surface area contributed by atoms with E-state index >= 15 is 0 Å². The number of ether oxygens (including phenoxy) is 1. The molecule has 5 rings (SSSR count). The van der Waals surface area contributed by atoms with Crippen molar-refractivity contribution in [2.45, 2.75) is 57.8 Å². The number of fused-ring (bicyclic) bond motifs is 1. The molecule has 0 saturated heterocycles. The third-order valence-corrected chi connectivity index (χ3v) is 13.0. The number of aryl methyl sites for hydroxylation is 1. The first-order chi connectivity index (χ1) is 17.8. The van der Waals surface area contributed by atoms with Crippen LogP contribution in [0.3, 0.4) is 0 Å². The minimum atomic E-state index is -1.89. The van der Waals surface area contributed by atoms with Crippen molar-refractivity contribution in [1.82, 2.24) is 0 Å². The Hall–Kier alpha value is -2.89. The van der Waals surface area contributed by atoms with Crippen LogP contribution in [0.1, 0.15) is 57.2 Å². The summed E-state index contributed by atoms with van der Waals surface area (Å²) in [6.45, 7) is 9.59. The van der Waals surface area contributed by atoms with Crippen molar-refractivity contribution in [3.63, 3.8) is 0 Å². The summed E-state index contributed by atoms with van der Waals surface area (Å²) in [5.74, 6) is 1.04. The highest BCUT2D eigenvalue weighted by Crippen LogP contribution is 2.56. The van der Waals surface area contributed by atoms with Crippen molar-refractivity contribution in [1.29, 1.82) is 0 Å². The van der Waals surface area contributed by atoms with Crippen LogP contribution in [-0.2, 0) is 17.3 Å². The van der Waals surface area contributed by atoms with E-state index in [4.69, 9.17) is 4.74 Å². The van der Waals surface area contributed by atoms with Gasteiger partial charge in [-0.2, -0.15) is 0 Å². The first-order valence-corrected chi connectivity index (χ1v) is 15.5. The lowest BCUT2D eigenvalue weighted by Crippen LogP contribution is -2.35. The molecule has 0 aromatic heterocycles. The van der Waals surface area contributed by atoms with Crippen molar-refractivity contribution in [3.05, 3.63) is 120 Å². The molecule has 0 N–H and O–H groups in total. The zero-order chi connectivity index (χ0) is 26.1. The van der Waals surface area contributed by atoms with Crippen molar-refractivity contribution >= 4 is 23.2 Å². The van der Waals surface area contributed by atoms with E-state index in [-0.39, 0.29) is 10.8 Å². The summed E-state index contributed by atoms with van der Waals surface area (Å²) in [4.78, 5) is 0. The average molecular weight is 508 g/mol. The molecule has 0 radical (unpaired) electrons. The van der Waals surface area contributed by atoms with Crippen molar-refractivity contribution < 1.29 is 4.74 Å². The Morgan fingerprint density at radius 3 is 1.43 bits per heavy atom. The van der Waals surface area contributed by atoms with Crippen LogP contribution in [0, 0.1) is 0 Å².